The summed E-state index contributed by atoms with van der Waals surface area (Å²) in [5, 5.41) is 0. The summed E-state index contributed by atoms with van der Waals surface area (Å²) in [6.07, 6.45) is 3.02. The largest absolute Gasteiger partial charge is 0.493 e. The van der Waals surface area contributed by atoms with Crippen LogP contribution in [0.25, 0.3) is 11.3 Å². The van der Waals surface area contributed by atoms with Crippen molar-refractivity contribution in [2.75, 3.05) is 14.2 Å². The van der Waals surface area contributed by atoms with E-state index < -0.39 is 0 Å². The molecule has 0 N–H and O–H groups in total. The Morgan fingerprint density at radius 2 is 2.07 bits per heavy atom. The average molecular weight is 205 g/mol. The Morgan fingerprint density at radius 3 is 2.67 bits per heavy atom. The Labute approximate surface area is 87.5 Å². The lowest BCUT2D eigenvalue weighted by Gasteiger charge is -2.10. The van der Waals surface area contributed by atoms with Gasteiger partial charge < -0.3 is 13.9 Å². The van der Waals surface area contributed by atoms with Gasteiger partial charge in [-0.25, -0.2) is 4.98 Å². The van der Waals surface area contributed by atoms with Crippen molar-refractivity contribution in [1.29, 1.82) is 0 Å². The summed E-state index contributed by atoms with van der Waals surface area (Å²) >= 11 is 0. The molecule has 2 rings (SSSR count). The second kappa shape index (κ2) is 4.04. The molecule has 0 aliphatic carbocycles. The molecule has 0 amide bonds. The second-order valence-electron chi connectivity index (χ2n) is 2.91. The molecule has 0 aliphatic rings. The standard InChI is InChI=1S/C11H11NO3/c1-13-9-5-3-4-8(11(9)14-2)10-6-12-7-15-10/h3-7H,1-2H3. The van der Waals surface area contributed by atoms with Gasteiger partial charge >= 0.3 is 0 Å². The van der Waals surface area contributed by atoms with Crippen LogP contribution in [0.4, 0.5) is 0 Å². The Morgan fingerprint density at radius 1 is 1.20 bits per heavy atom. The predicted octanol–water partition coefficient (Wildman–Crippen LogP) is 2.36. The third-order valence-corrected chi connectivity index (χ3v) is 2.10. The van der Waals surface area contributed by atoms with Gasteiger partial charge in [0.2, 0.25) is 0 Å². The molecule has 0 atom stereocenters. The Hall–Kier alpha value is -1.97. The van der Waals surface area contributed by atoms with E-state index in [2.05, 4.69) is 4.98 Å². The van der Waals surface area contributed by atoms with Gasteiger partial charge in [0, 0.05) is 0 Å². The van der Waals surface area contributed by atoms with E-state index in [1.807, 2.05) is 18.2 Å². The van der Waals surface area contributed by atoms with Crippen molar-refractivity contribution in [3.63, 3.8) is 0 Å². The summed E-state index contributed by atoms with van der Waals surface area (Å²) in [4.78, 5) is 3.87. The van der Waals surface area contributed by atoms with Crippen molar-refractivity contribution < 1.29 is 13.9 Å². The zero-order valence-corrected chi connectivity index (χ0v) is 8.56. The highest BCUT2D eigenvalue weighted by molar-refractivity contribution is 5.69. The fourth-order valence-corrected chi connectivity index (χ4v) is 1.43. The molecule has 0 saturated heterocycles. The van der Waals surface area contributed by atoms with Gasteiger partial charge in [0.25, 0.3) is 0 Å². The number of ether oxygens (including phenoxy) is 2. The van der Waals surface area contributed by atoms with E-state index in [1.165, 1.54) is 6.39 Å². The van der Waals surface area contributed by atoms with Crippen LogP contribution in [0.2, 0.25) is 0 Å². The van der Waals surface area contributed by atoms with Crippen molar-refractivity contribution >= 4 is 0 Å². The summed E-state index contributed by atoms with van der Waals surface area (Å²) in [6.45, 7) is 0. The van der Waals surface area contributed by atoms with Crippen LogP contribution >= 0.6 is 0 Å². The fourth-order valence-electron chi connectivity index (χ4n) is 1.43. The molecular formula is C11H11NO3. The zero-order chi connectivity index (χ0) is 10.7. The van der Waals surface area contributed by atoms with Crippen LogP contribution in [0.3, 0.4) is 0 Å². The van der Waals surface area contributed by atoms with Crippen LogP contribution in [0, 0.1) is 0 Å². The molecule has 2 aromatic rings. The lowest BCUT2D eigenvalue weighted by atomic mass is 10.1. The SMILES string of the molecule is COc1cccc(-c2cnco2)c1OC. The summed E-state index contributed by atoms with van der Waals surface area (Å²) in [5.74, 6) is 1.98. The Kier molecular flexibility index (Phi) is 2.58. The van der Waals surface area contributed by atoms with Crippen LogP contribution in [0.5, 0.6) is 11.5 Å². The number of hydrogen-bond donors (Lipinski definition) is 0. The second-order valence-corrected chi connectivity index (χ2v) is 2.91. The number of nitrogens with zero attached hydrogens (tertiary/aromatic N) is 1. The van der Waals surface area contributed by atoms with Gasteiger partial charge in [-0.2, -0.15) is 0 Å². The molecule has 0 radical (unpaired) electrons. The molecule has 0 aliphatic heterocycles. The van der Waals surface area contributed by atoms with E-state index in [1.54, 1.807) is 20.4 Å². The first-order valence-electron chi connectivity index (χ1n) is 4.46. The molecular weight excluding hydrogens is 194 g/mol. The maximum atomic E-state index is 5.28. The van der Waals surface area contributed by atoms with Crippen molar-refractivity contribution in [3.8, 4) is 22.8 Å². The number of benzene rings is 1. The fraction of sp³-hybridized carbons (Fsp3) is 0.182. The highest BCUT2D eigenvalue weighted by atomic mass is 16.5. The van der Waals surface area contributed by atoms with Crippen LogP contribution in [0.1, 0.15) is 0 Å². The smallest absolute Gasteiger partial charge is 0.181 e. The molecule has 1 aromatic heterocycles. The maximum absolute atomic E-state index is 5.28. The van der Waals surface area contributed by atoms with Crippen LogP contribution in [-0.4, -0.2) is 19.2 Å². The third kappa shape index (κ3) is 1.66. The van der Waals surface area contributed by atoms with Crippen LogP contribution < -0.4 is 9.47 Å². The number of methoxy groups -OCH3 is 2. The number of oxazole rings is 1. The molecule has 0 spiro atoms. The van der Waals surface area contributed by atoms with E-state index in [0.29, 0.717) is 17.3 Å². The van der Waals surface area contributed by atoms with Crippen molar-refractivity contribution in [2.24, 2.45) is 0 Å². The highest BCUT2D eigenvalue weighted by Crippen LogP contribution is 2.37. The number of aromatic nitrogens is 1. The Balaban J connectivity index is 2.56. The minimum Gasteiger partial charge on any atom is -0.493 e. The highest BCUT2D eigenvalue weighted by Gasteiger charge is 2.13. The minimum atomic E-state index is 0.650. The quantitative estimate of drug-likeness (QED) is 0.771. The van der Waals surface area contributed by atoms with Gasteiger partial charge in [-0.1, -0.05) is 6.07 Å². The van der Waals surface area contributed by atoms with Crippen molar-refractivity contribution in [3.05, 3.63) is 30.8 Å². The van der Waals surface area contributed by atoms with Gasteiger partial charge in [-0.3, -0.25) is 0 Å². The molecule has 15 heavy (non-hydrogen) atoms. The lowest BCUT2D eigenvalue weighted by Crippen LogP contribution is -1.92. The molecule has 1 aromatic carbocycles. The van der Waals surface area contributed by atoms with E-state index in [0.717, 1.165) is 5.56 Å². The van der Waals surface area contributed by atoms with E-state index in [4.69, 9.17) is 13.9 Å². The molecule has 4 nitrogen and oxygen atoms in total. The first-order chi connectivity index (χ1) is 7.36. The average Bonchev–Trinajstić information content (AvgIpc) is 2.81. The molecule has 0 saturated carbocycles. The van der Waals surface area contributed by atoms with Gasteiger partial charge in [-0.05, 0) is 12.1 Å². The summed E-state index contributed by atoms with van der Waals surface area (Å²) in [5.41, 5.74) is 0.828. The summed E-state index contributed by atoms with van der Waals surface area (Å²) in [7, 11) is 3.19. The number of hydrogen-bond acceptors (Lipinski definition) is 4. The number of rotatable bonds is 3. The molecule has 1 heterocycles. The normalized spacial score (nSPS) is 10.0. The van der Waals surface area contributed by atoms with Gasteiger partial charge in [0.15, 0.2) is 23.7 Å². The summed E-state index contributed by atoms with van der Waals surface area (Å²) in [6, 6.07) is 5.60. The van der Waals surface area contributed by atoms with Gasteiger partial charge in [0.05, 0.1) is 26.0 Å². The molecule has 78 valence electrons. The first kappa shape index (κ1) is 9.58. The summed E-state index contributed by atoms with van der Waals surface area (Å²) < 4.78 is 15.7. The van der Waals surface area contributed by atoms with Gasteiger partial charge in [-0.15, -0.1) is 0 Å². The molecule has 0 bridgehead atoms. The Bertz CT molecular complexity index is 437. The van der Waals surface area contributed by atoms with E-state index in [9.17, 15) is 0 Å². The molecule has 0 fully saturated rings. The van der Waals surface area contributed by atoms with Crippen LogP contribution in [0.15, 0.2) is 35.2 Å². The van der Waals surface area contributed by atoms with Crippen molar-refractivity contribution in [2.45, 2.75) is 0 Å². The maximum Gasteiger partial charge on any atom is 0.181 e. The van der Waals surface area contributed by atoms with Crippen LogP contribution in [-0.2, 0) is 0 Å². The lowest BCUT2D eigenvalue weighted by molar-refractivity contribution is 0.355. The topological polar surface area (TPSA) is 44.5 Å². The van der Waals surface area contributed by atoms with Gasteiger partial charge in [0.1, 0.15) is 0 Å². The monoisotopic (exact) mass is 205 g/mol. The minimum absolute atomic E-state index is 0.650. The first-order valence-corrected chi connectivity index (χ1v) is 4.46. The molecule has 0 unspecified atom stereocenters. The predicted molar refractivity (Wildman–Crippen MR) is 55.0 cm³/mol. The zero-order valence-electron chi connectivity index (χ0n) is 8.56. The molecule has 4 heteroatoms. The van der Waals surface area contributed by atoms with Crippen molar-refractivity contribution in [1.82, 2.24) is 4.98 Å². The number of para-hydroxylation sites is 1. The van der Waals surface area contributed by atoms with E-state index >= 15 is 0 Å². The van der Waals surface area contributed by atoms with E-state index in [-0.39, 0.29) is 0 Å². The third-order valence-electron chi connectivity index (χ3n) is 2.10.